The molecule has 1 saturated heterocycles. The first-order chi connectivity index (χ1) is 8.87. The van der Waals surface area contributed by atoms with Crippen molar-refractivity contribution < 1.29 is 4.39 Å². The maximum absolute atomic E-state index is 13.2. The molecule has 104 valence electrons. The van der Waals surface area contributed by atoms with Gasteiger partial charge in [0.1, 0.15) is 11.7 Å². The van der Waals surface area contributed by atoms with Gasteiger partial charge in [-0.3, -0.25) is 10.3 Å². The molecule has 0 spiro atoms. The van der Waals surface area contributed by atoms with Gasteiger partial charge in [-0.05, 0) is 49.0 Å². The van der Waals surface area contributed by atoms with Crippen LogP contribution in [0.2, 0.25) is 0 Å². The first kappa shape index (κ1) is 14.0. The largest absolute Gasteiger partial charge is 0.384 e. The quantitative estimate of drug-likeness (QED) is 0.651. The zero-order valence-electron chi connectivity index (χ0n) is 11.7. The Labute approximate surface area is 114 Å². The van der Waals surface area contributed by atoms with Gasteiger partial charge in [0.25, 0.3) is 0 Å². The molecule has 1 aromatic rings. The van der Waals surface area contributed by atoms with Crippen LogP contribution in [0.4, 0.5) is 4.39 Å². The normalized spacial score (nSPS) is 19.3. The Kier molecular flexibility index (Phi) is 3.90. The third-order valence-electron chi connectivity index (χ3n) is 3.97. The van der Waals surface area contributed by atoms with Gasteiger partial charge < -0.3 is 5.73 Å². The van der Waals surface area contributed by atoms with Gasteiger partial charge in [-0.15, -0.1) is 0 Å². The first-order valence-corrected chi connectivity index (χ1v) is 6.73. The first-order valence-electron chi connectivity index (χ1n) is 6.73. The topological polar surface area (TPSA) is 53.1 Å². The average Bonchev–Trinajstić information content (AvgIpc) is 2.33. The summed E-state index contributed by atoms with van der Waals surface area (Å²) in [4.78, 5) is 2.35. The van der Waals surface area contributed by atoms with Crippen LogP contribution in [-0.4, -0.2) is 23.8 Å². The van der Waals surface area contributed by atoms with E-state index in [1.165, 1.54) is 25.0 Å². The van der Waals surface area contributed by atoms with Crippen LogP contribution in [0, 0.1) is 16.6 Å². The van der Waals surface area contributed by atoms with Gasteiger partial charge in [0, 0.05) is 12.1 Å². The summed E-state index contributed by atoms with van der Waals surface area (Å²) in [6, 6.07) is 4.53. The van der Waals surface area contributed by atoms with Crippen LogP contribution in [0.1, 0.15) is 37.8 Å². The molecule has 3 N–H and O–H groups in total. The Morgan fingerprint density at radius 2 is 2.00 bits per heavy atom. The van der Waals surface area contributed by atoms with E-state index in [1.54, 1.807) is 6.07 Å². The van der Waals surface area contributed by atoms with Crippen LogP contribution >= 0.6 is 0 Å². The predicted molar refractivity (Wildman–Crippen MR) is 75.7 cm³/mol. The van der Waals surface area contributed by atoms with Crippen LogP contribution in [0.15, 0.2) is 18.2 Å². The zero-order chi connectivity index (χ0) is 14.0. The molecule has 1 aliphatic heterocycles. The SMILES string of the molecule is CC1(C)CCN(Cc2ccc(F)cc2C(=N)N)CC1. The number of nitrogens with zero attached hydrogens (tertiary/aromatic N) is 1. The molecule has 0 atom stereocenters. The van der Waals surface area contributed by atoms with E-state index in [0.29, 0.717) is 11.0 Å². The third kappa shape index (κ3) is 3.53. The van der Waals surface area contributed by atoms with Crippen molar-refractivity contribution in [1.29, 1.82) is 5.41 Å². The minimum atomic E-state index is -0.339. The summed E-state index contributed by atoms with van der Waals surface area (Å²) in [5, 5.41) is 7.55. The zero-order valence-corrected chi connectivity index (χ0v) is 11.7. The monoisotopic (exact) mass is 263 g/mol. The maximum atomic E-state index is 13.2. The summed E-state index contributed by atoms with van der Waals surface area (Å²) in [6.45, 7) is 7.42. The number of halogens is 1. The second kappa shape index (κ2) is 5.29. The highest BCUT2D eigenvalue weighted by atomic mass is 19.1. The Morgan fingerprint density at radius 1 is 1.37 bits per heavy atom. The van der Waals surface area contributed by atoms with Crippen molar-refractivity contribution in [1.82, 2.24) is 4.90 Å². The maximum Gasteiger partial charge on any atom is 0.123 e. The van der Waals surface area contributed by atoms with E-state index in [9.17, 15) is 4.39 Å². The van der Waals surface area contributed by atoms with Gasteiger partial charge >= 0.3 is 0 Å². The van der Waals surface area contributed by atoms with E-state index in [0.717, 1.165) is 25.2 Å². The number of rotatable bonds is 3. The van der Waals surface area contributed by atoms with Gasteiger partial charge in [-0.25, -0.2) is 4.39 Å². The molecule has 1 heterocycles. The van der Waals surface area contributed by atoms with Gasteiger partial charge in [0.2, 0.25) is 0 Å². The molecular weight excluding hydrogens is 241 g/mol. The lowest BCUT2D eigenvalue weighted by molar-refractivity contribution is 0.127. The van der Waals surface area contributed by atoms with E-state index in [-0.39, 0.29) is 11.7 Å². The lowest BCUT2D eigenvalue weighted by atomic mass is 9.82. The molecule has 0 bridgehead atoms. The van der Waals surface area contributed by atoms with Crippen molar-refractivity contribution >= 4 is 5.84 Å². The molecule has 0 unspecified atom stereocenters. The van der Waals surface area contributed by atoms with Crippen LogP contribution in [0.5, 0.6) is 0 Å². The summed E-state index contributed by atoms with van der Waals surface area (Å²) in [7, 11) is 0. The molecule has 0 amide bonds. The predicted octanol–water partition coefficient (Wildman–Crippen LogP) is 2.73. The molecular formula is C15H22FN3. The number of hydrogen-bond donors (Lipinski definition) is 2. The number of benzene rings is 1. The standard InChI is InChI=1S/C15H22FN3/c1-15(2)5-7-19(8-6-15)10-11-3-4-12(16)9-13(11)14(17)18/h3-4,9H,5-8,10H2,1-2H3,(H3,17,18). The Morgan fingerprint density at radius 3 is 2.58 bits per heavy atom. The van der Waals surface area contributed by atoms with Crippen LogP contribution in [0.25, 0.3) is 0 Å². The number of amidine groups is 1. The van der Waals surface area contributed by atoms with Crippen LogP contribution in [-0.2, 0) is 6.54 Å². The fourth-order valence-corrected chi connectivity index (χ4v) is 2.49. The Hall–Kier alpha value is -1.42. The second-order valence-corrected chi connectivity index (χ2v) is 6.16. The number of hydrogen-bond acceptors (Lipinski definition) is 2. The van der Waals surface area contributed by atoms with Gasteiger partial charge in [-0.1, -0.05) is 19.9 Å². The molecule has 2 rings (SSSR count). The lowest BCUT2D eigenvalue weighted by Crippen LogP contribution is -2.37. The smallest absolute Gasteiger partial charge is 0.123 e. The summed E-state index contributed by atoms with van der Waals surface area (Å²) in [6.07, 6.45) is 2.34. The summed E-state index contributed by atoms with van der Waals surface area (Å²) in [5.74, 6) is -0.402. The molecule has 0 aliphatic carbocycles. The van der Waals surface area contributed by atoms with Gasteiger partial charge in [0.05, 0.1) is 0 Å². The van der Waals surface area contributed by atoms with Crippen molar-refractivity contribution in [2.45, 2.75) is 33.2 Å². The summed E-state index contributed by atoms with van der Waals surface area (Å²) in [5.41, 5.74) is 7.41. The van der Waals surface area contributed by atoms with Crippen molar-refractivity contribution in [3.8, 4) is 0 Å². The number of nitrogen functional groups attached to an aromatic ring is 1. The van der Waals surface area contributed by atoms with Crippen molar-refractivity contribution in [3.63, 3.8) is 0 Å². The highest BCUT2D eigenvalue weighted by Crippen LogP contribution is 2.30. The average molecular weight is 263 g/mol. The molecule has 1 aliphatic rings. The molecule has 0 radical (unpaired) electrons. The highest BCUT2D eigenvalue weighted by molar-refractivity contribution is 5.96. The fourth-order valence-electron chi connectivity index (χ4n) is 2.49. The summed E-state index contributed by atoms with van der Waals surface area (Å²) < 4.78 is 13.2. The van der Waals surface area contributed by atoms with E-state index in [1.807, 2.05) is 0 Å². The van der Waals surface area contributed by atoms with Crippen LogP contribution in [0.3, 0.4) is 0 Å². The molecule has 0 aromatic heterocycles. The minimum Gasteiger partial charge on any atom is -0.384 e. The minimum absolute atomic E-state index is 0.0631. The molecule has 4 heteroatoms. The second-order valence-electron chi connectivity index (χ2n) is 6.16. The fraction of sp³-hybridized carbons (Fsp3) is 0.533. The third-order valence-corrected chi connectivity index (χ3v) is 3.97. The van der Waals surface area contributed by atoms with E-state index in [4.69, 9.17) is 11.1 Å². The van der Waals surface area contributed by atoms with E-state index in [2.05, 4.69) is 18.7 Å². The number of nitrogens with two attached hydrogens (primary N) is 1. The number of piperidine rings is 1. The Balaban J connectivity index is 2.10. The summed E-state index contributed by atoms with van der Waals surface area (Å²) >= 11 is 0. The molecule has 0 saturated carbocycles. The van der Waals surface area contributed by atoms with E-state index >= 15 is 0 Å². The lowest BCUT2D eigenvalue weighted by Gasteiger charge is -2.37. The van der Waals surface area contributed by atoms with Gasteiger partial charge in [0.15, 0.2) is 0 Å². The van der Waals surface area contributed by atoms with Crippen molar-refractivity contribution in [2.75, 3.05) is 13.1 Å². The number of likely N-dealkylation sites (tertiary alicyclic amines) is 1. The molecule has 3 nitrogen and oxygen atoms in total. The van der Waals surface area contributed by atoms with E-state index < -0.39 is 0 Å². The number of nitrogens with one attached hydrogen (secondary N) is 1. The molecule has 19 heavy (non-hydrogen) atoms. The molecule has 1 aromatic carbocycles. The molecule has 1 fully saturated rings. The van der Waals surface area contributed by atoms with Gasteiger partial charge in [-0.2, -0.15) is 0 Å². The highest BCUT2D eigenvalue weighted by Gasteiger charge is 2.25. The Bertz CT molecular complexity index is 472. The van der Waals surface area contributed by atoms with Crippen molar-refractivity contribution in [3.05, 3.63) is 35.1 Å². The van der Waals surface area contributed by atoms with Crippen molar-refractivity contribution in [2.24, 2.45) is 11.1 Å². The van der Waals surface area contributed by atoms with Crippen LogP contribution < -0.4 is 5.73 Å².